The summed E-state index contributed by atoms with van der Waals surface area (Å²) in [4.78, 5) is 17.0. The van der Waals surface area contributed by atoms with Gasteiger partial charge in [-0.3, -0.25) is 9.55 Å². The Balaban J connectivity index is 1.75. The SMILES string of the molecule is O=c1n(Cc2ccnc(-c3ccccc3C(F)(F)F)c2)nc(-c2ccc(Cl)cc2)n1CC(O)C(F)(F)F. The molecule has 1 atom stereocenters. The first-order valence-corrected chi connectivity index (χ1v) is 11.0. The molecule has 0 bridgehead atoms. The molecular formula is C24H17ClF6N4O2. The zero-order valence-corrected chi connectivity index (χ0v) is 19.4. The number of nitrogens with zero attached hydrogens (tertiary/aromatic N) is 4. The van der Waals surface area contributed by atoms with E-state index in [9.17, 15) is 36.2 Å². The highest BCUT2D eigenvalue weighted by molar-refractivity contribution is 6.30. The standard InChI is InChI=1S/C24H17ClF6N4O2/c25-16-7-5-15(6-8-16)21-33-35(22(37)34(21)13-20(36)24(29,30)31)12-14-9-10-32-19(11-14)17-3-1-2-4-18(17)23(26,27)28/h1-11,20,36H,12-13H2. The summed E-state index contributed by atoms with van der Waals surface area (Å²) in [5, 5.41) is 14.1. The van der Waals surface area contributed by atoms with Crippen molar-refractivity contribution < 1.29 is 31.4 Å². The first kappa shape index (κ1) is 26.4. The predicted octanol–water partition coefficient (Wildman–Crippen LogP) is 5.42. The summed E-state index contributed by atoms with van der Waals surface area (Å²) in [6.45, 7) is -1.39. The van der Waals surface area contributed by atoms with Crippen molar-refractivity contribution >= 4 is 11.6 Å². The molecule has 2 aromatic heterocycles. The van der Waals surface area contributed by atoms with Gasteiger partial charge in [-0.05, 0) is 48.0 Å². The van der Waals surface area contributed by atoms with Gasteiger partial charge in [0.2, 0.25) is 0 Å². The lowest BCUT2D eigenvalue weighted by molar-refractivity contribution is -0.207. The molecule has 0 radical (unpaired) electrons. The first-order valence-electron chi connectivity index (χ1n) is 10.6. The molecule has 0 fully saturated rings. The molecule has 1 N–H and O–H groups in total. The Kier molecular flexibility index (Phi) is 7.16. The van der Waals surface area contributed by atoms with E-state index in [1.807, 2.05) is 0 Å². The summed E-state index contributed by atoms with van der Waals surface area (Å²) in [7, 11) is 0. The maximum absolute atomic E-state index is 13.5. The van der Waals surface area contributed by atoms with Crippen LogP contribution in [-0.4, -0.2) is 36.7 Å². The van der Waals surface area contributed by atoms with Gasteiger partial charge in [0.25, 0.3) is 0 Å². The zero-order chi connectivity index (χ0) is 27.0. The molecule has 4 aromatic rings. The fourth-order valence-electron chi connectivity index (χ4n) is 3.64. The maximum atomic E-state index is 13.5. The minimum Gasteiger partial charge on any atom is -0.382 e. The molecule has 2 aromatic carbocycles. The van der Waals surface area contributed by atoms with Crippen molar-refractivity contribution in [3.8, 4) is 22.6 Å². The van der Waals surface area contributed by atoms with Crippen LogP contribution in [0.5, 0.6) is 0 Å². The number of pyridine rings is 1. The quantitative estimate of drug-likeness (QED) is 0.330. The number of alkyl halides is 6. The fourth-order valence-corrected chi connectivity index (χ4v) is 3.77. The van der Waals surface area contributed by atoms with Crippen LogP contribution in [0.1, 0.15) is 11.1 Å². The van der Waals surface area contributed by atoms with Gasteiger partial charge < -0.3 is 5.11 Å². The third-order valence-electron chi connectivity index (χ3n) is 5.42. The van der Waals surface area contributed by atoms with Crippen molar-refractivity contribution in [1.82, 2.24) is 19.3 Å². The molecule has 0 saturated carbocycles. The normalized spacial score (nSPS) is 13.1. The lowest BCUT2D eigenvalue weighted by Crippen LogP contribution is -2.37. The molecule has 6 nitrogen and oxygen atoms in total. The van der Waals surface area contributed by atoms with Crippen molar-refractivity contribution in [2.45, 2.75) is 31.5 Å². The molecule has 194 valence electrons. The van der Waals surface area contributed by atoms with E-state index >= 15 is 0 Å². The Morgan fingerprint density at radius 3 is 2.30 bits per heavy atom. The van der Waals surface area contributed by atoms with Crippen LogP contribution in [-0.2, 0) is 19.3 Å². The zero-order valence-electron chi connectivity index (χ0n) is 18.6. The second kappa shape index (κ2) is 10.0. The van der Waals surface area contributed by atoms with E-state index in [1.54, 1.807) is 0 Å². The van der Waals surface area contributed by atoms with Gasteiger partial charge >= 0.3 is 18.0 Å². The molecule has 0 saturated heterocycles. The van der Waals surface area contributed by atoms with E-state index in [-0.39, 0.29) is 29.2 Å². The van der Waals surface area contributed by atoms with Crippen molar-refractivity contribution in [2.75, 3.05) is 0 Å². The van der Waals surface area contributed by atoms with Crippen LogP contribution in [0.3, 0.4) is 0 Å². The second-order valence-corrected chi connectivity index (χ2v) is 8.47. The summed E-state index contributed by atoms with van der Waals surface area (Å²) in [5.74, 6) is -0.151. The summed E-state index contributed by atoms with van der Waals surface area (Å²) in [6.07, 6.45) is -11.2. The molecule has 0 spiro atoms. The number of aliphatic hydroxyl groups excluding tert-OH is 1. The summed E-state index contributed by atoms with van der Waals surface area (Å²) in [5.41, 5.74) is -1.44. The first-order chi connectivity index (χ1) is 17.3. The Hall–Kier alpha value is -3.64. The molecule has 0 aliphatic rings. The number of aliphatic hydroxyl groups is 1. The Morgan fingerprint density at radius 1 is 0.973 bits per heavy atom. The number of aromatic nitrogens is 4. The van der Waals surface area contributed by atoms with Gasteiger partial charge in [0.05, 0.1) is 24.3 Å². The highest BCUT2D eigenvalue weighted by Crippen LogP contribution is 2.36. The summed E-state index contributed by atoms with van der Waals surface area (Å²) >= 11 is 5.87. The van der Waals surface area contributed by atoms with Gasteiger partial charge in [-0.1, -0.05) is 29.8 Å². The van der Waals surface area contributed by atoms with E-state index in [4.69, 9.17) is 11.6 Å². The van der Waals surface area contributed by atoms with E-state index in [2.05, 4.69) is 10.1 Å². The highest BCUT2D eigenvalue weighted by Gasteiger charge is 2.39. The number of benzene rings is 2. The average molecular weight is 543 g/mol. The van der Waals surface area contributed by atoms with Gasteiger partial charge in [-0.15, -0.1) is 5.10 Å². The average Bonchev–Trinajstić information content (AvgIpc) is 3.13. The van der Waals surface area contributed by atoms with Crippen molar-refractivity contribution in [1.29, 1.82) is 0 Å². The van der Waals surface area contributed by atoms with Crippen LogP contribution in [0.2, 0.25) is 5.02 Å². The molecule has 1 unspecified atom stereocenters. The lowest BCUT2D eigenvalue weighted by atomic mass is 10.0. The van der Waals surface area contributed by atoms with Crippen LogP contribution in [0.4, 0.5) is 26.3 Å². The predicted molar refractivity (Wildman–Crippen MR) is 123 cm³/mol. The number of halogens is 7. The van der Waals surface area contributed by atoms with Gasteiger partial charge in [0, 0.05) is 22.3 Å². The molecule has 0 aliphatic carbocycles. The molecule has 13 heteroatoms. The van der Waals surface area contributed by atoms with Crippen LogP contribution >= 0.6 is 11.6 Å². The Bertz CT molecular complexity index is 1460. The van der Waals surface area contributed by atoms with Crippen molar-refractivity contribution in [2.24, 2.45) is 0 Å². The third kappa shape index (κ3) is 5.86. The minimum absolute atomic E-state index is 0.0108. The van der Waals surface area contributed by atoms with Gasteiger partial charge in [0.15, 0.2) is 11.9 Å². The van der Waals surface area contributed by atoms with Crippen LogP contribution < -0.4 is 5.69 Å². The van der Waals surface area contributed by atoms with Crippen LogP contribution in [0.15, 0.2) is 71.7 Å². The number of hydrogen-bond acceptors (Lipinski definition) is 4. The maximum Gasteiger partial charge on any atom is 0.417 e. The van der Waals surface area contributed by atoms with Crippen LogP contribution in [0.25, 0.3) is 22.6 Å². The minimum atomic E-state index is -4.98. The van der Waals surface area contributed by atoms with Gasteiger partial charge in [-0.2, -0.15) is 26.3 Å². The Morgan fingerprint density at radius 2 is 1.65 bits per heavy atom. The lowest BCUT2D eigenvalue weighted by Gasteiger charge is -2.15. The van der Waals surface area contributed by atoms with E-state index in [0.29, 0.717) is 15.2 Å². The monoisotopic (exact) mass is 542 g/mol. The van der Waals surface area contributed by atoms with E-state index in [1.165, 1.54) is 60.8 Å². The number of hydrogen-bond donors (Lipinski definition) is 1. The van der Waals surface area contributed by atoms with E-state index in [0.717, 1.165) is 10.7 Å². The molecular weight excluding hydrogens is 526 g/mol. The number of rotatable bonds is 6. The molecule has 0 amide bonds. The van der Waals surface area contributed by atoms with Crippen LogP contribution in [0, 0.1) is 0 Å². The fraction of sp³-hybridized carbons (Fsp3) is 0.208. The topological polar surface area (TPSA) is 72.9 Å². The highest BCUT2D eigenvalue weighted by atomic mass is 35.5. The Labute approximate surface area is 210 Å². The van der Waals surface area contributed by atoms with Crippen molar-refractivity contribution in [3.05, 3.63) is 93.5 Å². The second-order valence-electron chi connectivity index (χ2n) is 8.03. The smallest absolute Gasteiger partial charge is 0.382 e. The summed E-state index contributed by atoms with van der Waals surface area (Å²) in [6, 6.07) is 13.4. The molecule has 37 heavy (non-hydrogen) atoms. The van der Waals surface area contributed by atoms with E-state index < -0.39 is 36.3 Å². The molecule has 0 aliphatic heterocycles. The van der Waals surface area contributed by atoms with Gasteiger partial charge in [0.1, 0.15) is 0 Å². The largest absolute Gasteiger partial charge is 0.417 e. The van der Waals surface area contributed by atoms with Crippen molar-refractivity contribution in [3.63, 3.8) is 0 Å². The third-order valence-corrected chi connectivity index (χ3v) is 5.68. The van der Waals surface area contributed by atoms with Gasteiger partial charge in [-0.25, -0.2) is 9.48 Å². The summed E-state index contributed by atoms with van der Waals surface area (Å²) < 4.78 is 81.0. The molecule has 4 rings (SSSR count). The molecule has 2 heterocycles.